The van der Waals surface area contributed by atoms with Gasteiger partial charge in [0.15, 0.2) is 0 Å². The van der Waals surface area contributed by atoms with E-state index in [1.807, 2.05) is 0 Å². The fourth-order valence-electron chi connectivity index (χ4n) is 0.884. The summed E-state index contributed by atoms with van der Waals surface area (Å²) in [5.41, 5.74) is 5.43. The fourth-order valence-corrected chi connectivity index (χ4v) is 0.884. The topological polar surface area (TPSA) is 65.2 Å². The van der Waals surface area contributed by atoms with Crippen LogP contribution in [-0.4, -0.2) is 18.1 Å². The first kappa shape index (κ1) is 12.8. The van der Waals surface area contributed by atoms with Gasteiger partial charge in [-0.05, 0) is 6.07 Å². The zero-order valence-electron chi connectivity index (χ0n) is 7.44. The third-order valence-corrected chi connectivity index (χ3v) is 1.58. The van der Waals surface area contributed by atoms with E-state index in [9.17, 15) is 9.18 Å². The quantitative estimate of drug-likeness (QED) is 0.592. The SMILES string of the molecule is COC(=O)[C@@H](N)c1cccnc1F.Cl. The molecule has 1 aromatic heterocycles. The van der Waals surface area contributed by atoms with Crippen molar-refractivity contribution >= 4 is 18.4 Å². The minimum absolute atomic E-state index is 0. The standard InChI is InChI=1S/C8H9FN2O2.ClH/c1-13-8(12)6(10)5-3-2-4-11-7(5)9;/h2-4,6H,10H2,1H3;1H/t6-;/m0./s1. The Labute approximate surface area is 86.7 Å². The van der Waals surface area contributed by atoms with E-state index in [2.05, 4.69) is 9.72 Å². The monoisotopic (exact) mass is 220 g/mol. The lowest BCUT2D eigenvalue weighted by Crippen LogP contribution is -2.23. The van der Waals surface area contributed by atoms with Crippen LogP contribution in [0, 0.1) is 5.95 Å². The number of nitrogens with two attached hydrogens (primary N) is 1. The van der Waals surface area contributed by atoms with Gasteiger partial charge < -0.3 is 10.5 Å². The van der Waals surface area contributed by atoms with Crippen LogP contribution < -0.4 is 5.73 Å². The molecule has 78 valence electrons. The molecule has 0 aliphatic carbocycles. The molecule has 0 unspecified atom stereocenters. The van der Waals surface area contributed by atoms with Crippen molar-refractivity contribution < 1.29 is 13.9 Å². The van der Waals surface area contributed by atoms with Gasteiger partial charge in [0, 0.05) is 11.8 Å². The summed E-state index contributed by atoms with van der Waals surface area (Å²) in [5, 5.41) is 0. The van der Waals surface area contributed by atoms with Crippen molar-refractivity contribution in [2.75, 3.05) is 7.11 Å². The molecule has 0 amide bonds. The second-order valence-electron chi connectivity index (χ2n) is 2.38. The third-order valence-electron chi connectivity index (χ3n) is 1.58. The fraction of sp³-hybridized carbons (Fsp3) is 0.250. The minimum atomic E-state index is -1.11. The van der Waals surface area contributed by atoms with Crippen LogP contribution in [0.2, 0.25) is 0 Å². The van der Waals surface area contributed by atoms with Crippen LogP contribution >= 0.6 is 12.4 Å². The number of carbonyl (C=O) groups excluding carboxylic acids is 1. The maximum Gasteiger partial charge on any atom is 0.327 e. The van der Waals surface area contributed by atoms with Gasteiger partial charge in [-0.25, -0.2) is 4.98 Å². The van der Waals surface area contributed by atoms with Crippen LogP contribution in [0.4, 0.5) is 4.39 Å². The van der Waals surface area contributed by atoms with Crippen LogP contribution in [0.5, 0.6) is 0 Å². The van der Waals surface area contributed by atoms with E-state index in [1.165, 1.54) is 25.4 Å². The molecule has 1 atom stereocenters. The van der Waals surface area contributed by atoms with E-state index >= 15 is 0 Å². The zero-order valence-corrected chi connectivity index (χ0v) is 8.25. The number of hydrogen-bond donors (Lipinski definition) is 1. The number of nitrogens with zero attached hydrogens (tertiary/aromatic N) is 1. The van der Waals surface area contributed by atoms with E-state index in [-0.39, 0.29) is 18.0 Å². The Bertz CT molecular complexity index is 322. The third kappa shape index (κ3) is 2.65. The molecule has 1 aromatic rings. The summed E-state index contributed by atoms with van der Waals surface area (Å²) >= 11 is 0. The molecule has 0 spiro atoms. The van der Waals surface area contributed by atoms with Gasteiger partial charge in [0.1, 0.15) is 6.04 Å². The van der Waals surface area contributed by atoms with Crippen molar-refractivity contribution in [1.82, 2.24) is 4.98 Å². The van der Waals surface area contributed by atoms with Gasteiger partial charge in [0.2, 0.25) is 5.95 Å². The van der Waals surface area contributed by atoms with Gasteiger partial charge in [-0.1, -0.05) is 6.07 Å². The molecular weight excluding hydrogens is 211 g/mol. The van der Waals surface area contributed by atoms with Gasteiger partial charge in [0.05, 0.1) is 7.11 Å². The second kappa shape index (κ2) is 5.51. The highest BCUT2D eigenvalue weighted by atomic mass is 35.5. The molecule has 0 saturated carbocycles. The number of halogens is 2. The zero-order chi connectivity index (χ0) is 9.84. The highest BCUT2D eigenvalue weighted by molar-refractivity contribution is 5.85. The predicted octanol–water partition coefficient (Wildman–Crippen LogP) is 0.815. The number of ether oxygens (including phenoxy) is 1. The minimum Gasteiger partial charge on any atom is -0.468 e. The maximum atomic E-state index is 12.9. The Kier molecular flexibility index (Phi) is 5.04. The number of pyridine rings is 1. The van der Waals surface area contributed by atoms with Crippen LogP contribution in [-0.2, 0) is 9.53 Å². The van der Waals surface area contributed by atoms with E-state index < -0.39 is 18.0 Å². The summed E-state index contributed by atoms with van der Waals surface area (Å²) in [6.45, 7) is 0. The lowest BCUT2D eigenvalue weighted by atomic mass is 10.1. The number of carbonyl (C=O) groups is 1. The van der Waals surface area contributed by atoms with E-state index in [1.54, 1.807) is 0 Å². The summed E-state index contributed by atoms with van der Waals surface area (Å²) in [6, 6.07) is 1.78. The predicted molar refractivity (Wildman–Crippen MR) is 50.4 cm³/mol. The number of esters is 1. The molecule has 4 nitrogen and oxygen atoms in total. The Morgan fingerprint density at radius 2 is 2.36 bits per heavy atom. The van der Waals surface area contributed by atoms with Gasteiger partial charge in [-0.2, -0.15) is 4.39 Å². The molecule has 6 heteroatoms. The highest BCUT2D eigenvalue weighted by Gasteiger charge is 2.19. The first-order chi connectivity index (χ1) is 6.16. The summed E-state index contributed by atoms with van der Waals surface area (Å²) in [4.78, 5) is 14.3. The van der Waals surface area contributed by atoms with Gasteiger partial charge in [0.25, 0.3) is 0 Å². The van der Waals surface area contributed by atoms with Crippen molar-refractivity contribution in [1.29, 1.82) is 0 Å². The molecule has 0 bridgehead atoms. The summed E-state index contributed by atoms with van der Waals surface area (Å²) in [5.74, 6) is -1.44. The number of hydrogen-bond acceptors (Lipinski definition) is 4. The number of aromatic nitrogens is 1. The molecule has 0 saturated heterocycles. The van der Waals surface area contributed by atoms with Crippen molar-refractivity contribution in [2.24, 2.45) is 5.73 Å². The molecule has 0 aliphatic heterocycles. The van der Waals surface area contributed by atoms with Gasteiger partial charge >= 0.3 is 5.97 Å². The maximum absolute atomic E-state index is 12.9. The van der Waals surface area contributed by atoms with Gasteiger partial charge in [-0.15, -0.1) is 12.4 Å². The Balaban J connectivity index is 0.00000169. The van der Waals surface area contributed by atoms with E-state index in [4.69, 9.17) is 5.73 Å². The highest BCUT2D eigenvalue weighted by Crippen LogP contribution is 2.13. The van der Waals surface area contributed by atoms with E-state index in [0.29, 0.717) is 0 Å². The molecule has 2 N–H and O–H groups in total. The number of methoxy groups -OCH3 is 1. The van der Waals surface area contributed by atoms with Crippen molar-refractivity contribution in [3.8, 4) is 0 Å². The first-order valence-electron chi connectivity index (χ1n) is 3.60. The summed E-state index contributed by atoms with van der Waals surface area (Å²) in [7, 11) is 1.19. The molecule has 0 aliphatic rings. The van der Waals surface area contributed by atoms with Crippen LogP contribution in [0.15, 0.2) is 18.3 Å². The average Bonchev–Trinajstić information content (AvgIpc) is 2.16. The van der Waals surface area contributed by atoms with Crippen molar-refractivity contribution in [2.45, 2.75) is 6.04 Å². The van der Waals surface area contributed by atoms with E-state index in [0.717, 1.165) is 0 Å². The van der Waals surface area contributed by atoms with Crippen LogP contribution in [0.1, 0.15) is 11.6 Å². The molecule has 14 heavy (non-hydrogen) atoms. The lowest BCUT2D eigenvalue weighted by Gasteiger charge is -2.08. The Morgan fingerprint density at radius 1 is 1.71 bits per heavy atom. The first-order valence-corrected chi connectivity index (χ1v) is 3.60. The largest absolute Gasteiger partial charge is 0.468 e. The molecule has 0 aromatic carbocycles. The smallest absolute Gasteiger partial charge is 0.327 e. The molecule has 0 fully saturated rings. The van der Waals surface area contributed by atoms with Crippen molar-refractivity contribution in [3.63, 3.8) is 0 Å². The lowest BCUT2D eigenvalue weighted by molar-refractivity contribution is -0.142. The Hall–Kier alpha value is -1.20. The van der Waals surface area contributed by atoms with Crippen LogP contribution in [0.3, 0.4) is 0 Å². The molecule has 0 radical (unpaired) electrons. The molecular formula is C8H10ClFN2O2. The summed E-state index contributed by atoms with van der Waals surface area (Å²) < 4.78 is 17.3. The van der Waals surface area contributed by atoms with Gasteiger partial charge in [-0.3, -0.25) is 4.79 Å². The Morgan fingerprint density at radius 3 is 2.86 bits per heavy atom. The van der Waals surface area contributed by atoms with Crippen molar-refractivity contribution in [3.05, 3.63) is 29.8 Å². The normalized spacial score (nSPS) is 11.4. The summed E-state index contributed by atoms with van der Waals surface area (Å²) in [6.07, 6.45) is 1.28. The average molecular weight is 221 g/mol. The molecule has 1 rings (SSSR count). The molecule has 1 heterocycles. The van der Waals surface area contributed by atoms with Crippen LogP contribution in [0.25, 0.3) is 0 Å². The number of rotatable bonds is 2. The second-order valence-corrected chi connectivity index (χ2v) is 2.38.